The van der Waals surface area contributed by atoms with Crippen LogP contribution < -0.4 is 14.2 Å². The summed E-state index contributed by atoms with van der Waals surface area (Å²) in [6.07, 6.45) is 2.37. The Morgan fingerprint density at radius 1 is 1.12 bits per heavy atom. The molecule has 0 saturated carbocycles. The van der Waals surface area contributed by atoms with Crippen LogP contribution in [0.5, 0.6) is 5.75 Å². The largest absolute Gasteiger partial charge is 0.618 e. The summed E-state index contributed by atoms with van der Waals surface area (Å²) in [5, 5.41) is 23.0. The fraction of sp³-hybridized carbons (Fsp3) is 0.333. The summed E-state index contributed by atoms with van der Waals surface area (Å²) < 4.78 is 6.83. The van der Waals surface area contributed by atoms with Gasteiger partial charge in [-0.3, -0.25) is 0 Å². The highest BCUT2D eigenvalue weighted by Gasteiger charge is 2.13. The van der Waals surface area contributed by atoms with Crippen molar-refractivity contribution in [3.8, 4) is 5.75 Å². The van der Waals surface area contributed by atoms with Crippen LogP contribution in [0.4, 0.5) is 0 Å². The normalized spacial score (nSPS) is 11.0. The molecule has 0 N–H and O–H groups in total. The van der Waals surface area contributed by atoms with Gasteiger partial charge in [0.1, 0.15) is 5.75 Å². The van der Waals surface area contributed by atoms with Gasteiger partial charge in [-0.1, -0.05) is 13.8 Å². The predicted octanol–water partition coefficient (Wildman–Crippen LogP) is 1.14. The van der Waals surface area contributed by atoms with Gasteiger partial charge in [-0.25, -0.2) is 0 Å². The lowest BCUT2D eigenvalue weighted by atomic mass is 10.2. The third kappa shape index (κ3) is 2.38. The number of rotatable bonds is 3. The second-order valence-electron chi connectivity index (χ2n) is 4.31. The van der Waals surface area contributed by atoms with Gasteiger partial charge >= 0.3 is 0 Å². The molecule has 0 spiro atoms. The van der Waals surface area contributed by atoms with Crippen molar-refractivity contribution in [1.29, 1.82) is 0 Å². The maximum absolute atomic E-state index is 11.5. The minimum atomic E-state index is 0.309. The van der Waals surface area contributed by atoms with Gasteiger partial charge in [0.05, 0.1) is 12.7 Å². The maximum Gasteiger partial charge on any atom is 0.293 e. The number of fused-ring (bicyclic) bond motifs is 1. The van der Waals surface area contributed by atoms with Crippen LogP contribution in [0.15, 0.2) is 30.6 Å². The summed E-state index contributed by atoms with van der Waals surface area (Å²) in [7, 11) is 0. The first-order chi connectivity index (χ1) is 8.08. The predicted molar refractivity (Wildman–Crippen MR) is 62.2 cm³/mol. The fourth-order valence-corrected chi connectivity index (χ4v) is 1.50. The van der Waals surface area contributed by atoms with Gasteiger partial charge in [0.2, 0.25) is 12.4 Å². The number of aromatic nitrogens is 2. The smallest absolute Gasteiger partial charge is 0.293 e. The SMILES string of the molecule is CC(C)COc1ccc2c(c1)[n+]([O-])cc[n+]2[O-]. The topological polar surface area (TPSA) is 63.1 Å². The molecule has 0 atom stereocenters. The molecule has 0 radical (unpaired) electrons. The molecule has 0 bridgehead atoms. The van der Waals surface area contributed by atoms with Crippen molar-refractivity contribution >= 4 is 11.0 Å². The van der Waals surface area contributed by atoms with Crippen LogP contribution in [0.25, 0.3) is 11.0 Å². The molecule has 0 amide bonds. The first kappa shape index (κ1) is 11.4. The van der Waals surface area contributed by atoms with Crippen LogP contribution in [0.2, 0.25) is 0 Å². The molecule has 0 saturated heterocycles. The van der Waals surface area contributed by atoms with Crippen LogP contribution in [0.1, 0.15) is 13.8 Å². The highest BCUT2D eigenvalue weighted by atomic mass is 16.5. The third-order valence-electron chi connectivity index (χ3n) is 2.34. The van der Waals surface area contributed by atoms with Gasteiger partial charge in [-0.15, -0.1) is 0 Å². The average Bonchev–Trinajstić information content (AvgIpc) is 2.31. The summed E-state index contributed by atoms with van der Waals surface area (Å²) >= 11 is 0. The zero-order chi connectivity index (χ0) is 12.4. The minimum Gasteiger partial charge on any atom is -0.618 e. The Hall–Kier alpha value is -2.04. The summed E-state index contributed by atoms with van der Waals surface area (Å²) in [5.74, 6) is 1.01. The van der Waals surface area contributed by atoms with Crippen molar-refractivity contribution in [3.05, 3.63) is 41.0 Å². The first-order valence-electron chi connectivity index (χ1n) is 5.46. The van der Waals surface area contributed by atoms with Crippen LogP contribution in [-0.4, -0.2) is 6.61 Å². The minimum absolute atomic E-state index is 0.309. The van der Waals surface area contributed by atoms with E-state index in [-0.39, 0.29) is 0 Å². The van der Waals surface area contributed by atoms with Crippen LogP contribution in [0.3, 0.4) is 0 Å². The number of ether oxygens (including phenoxy) is 1. The van der Waals surface area contributed by atoms with Crippen LogP contribution in [-0.2, 0) is 0 Å². The van der Waals surface area contributed by atoms with E-state index < -0.39 is 0 Å². The van der Waals surface area contributed by atoms with E-state index in [4.69, 9.17) is 4.74 Å². The average molecular weight is 234 g/mol. The Morgan fingerprint density at radius 3 is 2.41 bits per heavy atom. The Bertz CT molecular complexity index is 541. The van der Waals surface area contributed by atoms with Gasteiger partial charge in [0.15, 0.2) is 0 Å². The lowest BCUT2D eigenvalue weighted by Crippen LogP contribution is -2.36. The quantitative estimate of drug-likeness (QED) is 0.591. The van der Waals surface area contributed by atoms with E-state index in [1.165, 1.54) is 12.4 Å². The summed E-state index contributed by atoms with van der Waals surface area (Å²) in [6, 6.07) is 4.87. The Morgan fingerprint density at radius 2 is 1.76 bits per heavy atom. The zero-order valence-corrected chi connectivity index (χ0v) is 9.79. The Labute approximate surface area is 99.0 Å². The lowest BCUT2D eigenvalue weighted by molar-refractivity contribution is -0.628. The van der Waals surface area contributed by atoms with E-state index >= 15 is 0 Å². The standard InChI is InChI=1S/C12H14N2O3/c1-9(2)8-17-10-3-4-11-12(7-10)14(16)6-5-13(11)15/h3-7,9H,8H2,1-2H3. The van der Waals surface area contributed by atoms with Crippen LogP contribution >= 0.6 is 0 Å². The van der Waals surface area contributed by atoms with Crippen LogP contribution in [0, 0.1) is 16.3 Å². The van der Waals surface area contributed by atoms with Crippen molar-refractivity contribution in [2.24, 2.45) is 5.92 Å². The fourth-order valence-electron chi connectivity index (χ4n) is 1.50. The second-order valence-corrected chi connectivity index (χ2v) is 4.31. The highest BCUT2D eigenvalue weighted by molar-refractivity contribution is 5.69. The maximum atomic E-state index is 11.5. The molecule has 0 fully saturated rings. The molecule has 5 heteroatoms. The number of hydrogen-bond acceptors (Lipinski definition) is 3. The van der Waals surface area contributed by atoms with E-state index in [0.29, 0.717) is 38.8 Å². The molecular weight excluding hydrogens is 220 g/mol. The van der Waals surface area contributed by atoms with Gasteiger partial charge < -0.3 is 15.2 Å². The number of benzene rings is 1. The molecule has 1 heterocycles. The molecular formula is C12H14N2O3. The lowest BCUT2D eigenvalue weighted by Gasteiger charge is -2.09. The van der Waals surface area contributed by atoms with Crippen molar-refractivity contribution in [2.45, 2.75) is 13.8 Å². The molecule has 0 aliphatic heterocycles. The zero-order valence-electron chi connectivity index (χ0n) is 9.79. The molecule has 5 nitrogen and oxygen atoms in total. The van der Waals surface area contributed by atoms with Crippen molar-refractivity contribution < 1.29 is 14.2 Å². The van der Waals surface area contributed by atoms with Gasteiger partial charge in [-0.05, 0) is 12.0 Å². The second kappa shape index (κ2) is 4.45. The molecule has 90 valence electrons. The first-order valence-corrected chi connectivity index (χ1v) is 5.46. The van der Waals surface area contributed by atoms with Gasteiger partial charge in [-0.2, -0.15) is 9.46 Å². The molecule has 1 aromatic carbocycles. The van der Waals surface area contributed by atoms with Crippen molar-refractivity contribution in [2.75, 3.05) is 6.61 Å². The molecule has 1 aromatic heterocycles. The van der Waals surface area contributed by atoms with Gasteiger partial charge in [0, 0.05) is 6.07 Å². The van der Waals surface area contributed by atoms with Crippen molar-refractivity contribution in [3.63, 3.8) is 0 Å². The summed E-state index contributed by atoms with van der Waals surface area (Å²) in [4.78, 5) is 0. The van der Waals surface area contributed by atoms with Gasteiger partial charge in [0.25, 0.3) is 11.0 Å². The Balaban J connectivity index is 2.39. The molecule has 2 rings (SSSR count). The van der Waals surface area contributed by atoms with Crippen molar-refractivity contribution in [1.82, 2.24) is 0 Å². The van der Waals surface area contributed by atoms with E-state index in [9.17, 15) is 10.4 Å². The monoisotopic (exact) mass is 234 g/mol. The Kier molecular flexibility index (Phi) is 2.99. The number of hydrogen-bond donors (Lipinski definition) is 0. The van der Waals surface area contributed by atoms with E-state index in [1.54, 1.807) is 18.2 Å². The van der Waals surface area contributed by atoms with E-state index in [2.05, 4.69) is 0 Å². The molecule has 0 aliphatic carbocycles. The summed E-state index contributed by atoms with van der Waals surface area (Å²) in [6.45, 7) is 4.66. The highest BCUT2D eigenvalue weighted by Crippen LogP contribution is 2.16. The van der Waals surface area contributed by atoms with E-state index in [1.807, 2.05) is 13.8 Å². The summed E-state index contributed by atoms with van der Waals surface area (Å²) in [5.41, 5.74) is 0.642. The molecule has 0 unspecified atom stereocenters. The third-order valence-corrected chi connectivity index (χ3v) is 2.34. The number of nitrogens with zero attached hydrogens (tertiary/aromatic N) is 2. The molecule has 0 aliphatic rings. The molecule has 17 heavy (non-hydrogen) atoms. The molecule has 2 aromatic rings. The van der Waals surface area contributed by atoms with E-state index in [0.717, 1.165) is 0 Å².